The number of nitrogens with zero attached hydrogens (tertiary/aromatic N) is 3. The summed E-state index contributed by atoms with van der Waals surface area (Å²) in [5.41, 5.74) is 1.45. The maximum atomic E-state index is 12.6. The first-order valence-electron chi connectivity index (χ1n) is 8.42. The molecule has 134 valence electrons. The zero-order valence-corrected chi connectivity index (χ0v) is 14.9. The van der Waals surface area contributed by atoms with Crippen molar-refractivity contribution in [2.45, 2.75) is 32.2 Å². The molecule has 2 heterocycles. The Kier molecular flexibility index (Phi) is 5.19. The number of carbonyl (C=O) groups excluding carboxylic acids is 1. The van der Waals surface area contributed by atoms with Gasteiger partial charge in [-0.05, 0) is 43.5 Å². The minimum atomic E-state index is -3.38. The maximum Gasteiger partial charge on any atom is 0.242 e. The third-order valence-corrected chi connectivity index (χ3v) is 6.28. The normalized spacial score (nSPS) is 18.4. The smallest absolute Gasteiger partial charge is 0.242 e. The van der Waals surface area contributed by atoms with Crippen molar-refractivity contribution in [3.63, 3.8) is 0 Å². The van der Waals surface area contributed by atoms with E-state index in [4.69, 9.17) is 0 Å². The largest absolute Gasteiger partial charge is 0.325 e. The average molecular weight is 362 g/mol. The molecule has 3 rings (SSSR count). The molecule has 25 heavy (non-hydrogen) atoms. The Bertz CT molecular complexity index is 833. The molecule has 1 aliphatic heterocycles. The van der Waals surface area contributed by atoms with Gasteiger partial charge in [0.25, 0.3) is 0 Å². The molecule has 1 aromatic heterocycles. The van der Waals surface area contributed by atoms with Gasteiger partial charge in [-0.2, -0.15) is 9.40 Å². The fourth-order valence-corrected chi connectivity index (χ4v) is 4.83. The number of anilines is 1. The molecule has 1 saturated heterocycles. The van der Waals surface area contributed by atoms with Crippen LogP contribution in [0.5, 0.6) is 0 Å². The van der Waals surface area contributed by atoms with Gasteiger partial charge in [-0.1, -0.05) is 13.0 Å². The van der Waals surface area contributed by atoms with Crippen molar-refractivity contribution in [1.29, 1.82) is 0 Å². The molecule has 1 N–H and O–H groups in total. The van der Waals surface area contributed by atoms with Crippen LogP contribution in [0.4, 0.5) is 5.69 Å². The first kappa shape index (κ1) is 17.6. The molecule has 0 bridgehead atoms. The molecule has 8 heteroatoms. The fraction of sp³-hybridized carbons (Fsp3) is 0.412. The maximum absolute atomic E-state index is 12.6. The van der Waals surface area contributed by atoms with E-state index in [-0.39, 0.29) is 11.7 Å². The summed E-state index contributed by atoms with van der Waals surface area (Å²) >= 11 is 0. The van der Waals surface area contributed by atoms with Gasteiger partial charge in [0.05, 0.1) is 11.4 Å². The van der Waals surface area contributed by atoms with E-state index in [2.05, 4.69) is 10.4 Å². The van der Waals surface area contributed by atoms with Crippen LogP contribution in [0.2, 0.25) is 0 Å². The molecule has 1 unspecified atom stereocenters. The van der Waals surface area contributed by atoms with Crippen molar-refractivity contribution in [2.24, 2.45) is 0 Å². The van der Waals surface area contributed by atoms with Gasteiger partial charge in [0.15, 0.2) is 0 Å². The predicted molar refractivity (Wildman–Crippen MR) is 96.0 cm³/mol. The van der Waals surface area contributed by atoms with Crippen LogP contribution in [0.1, 0.15) is 26.2 Å². The Morgan fingerprint density at radius 1 is 1.36 bits per heavy atom. The average Bonchev–Trinajstić information content (AvgIpc) is 3.27. The summed E-state index contributed by atoms with van der Waals surface area (Å²) in [6, 6.07) is 8.49. The minimum Gasteiger partial charge on any atom is -0.325 e. The lowest BCUT2D eigenvalue weighted by Gasteiger charge is -2.23. The molecule has 1 amide bonds. The first-order valence-corrected chi connectivity index (χ1v) is 10.0. The lowest BCUT2D eigenvalue weighted by Crippen LogP contribution is -2.44. The van der Waals surface area contributed by atoms with Crippen LogP contribution in [-0.4, -0.2) is 46.8 Å². The van der Waals surface area contributed by atoms with E-state index in [0.717, 1.165) is 5.69 Å². The fourth-order valence-electron chi connectivity index (χ4n) is 3.08. The summed E-state index contributed by atoms with van der Waals surface area (Å²) in [4.78, 5) is 12.6. The standard InChI is InChI=1S/C17H22N4O3S/c1-2-12-25(23,24)21-11-4-8-16(21)17(22)19-14-6-3-7-15(13-14)20-10-5-9-18-20/h3,5-7,9-10,13,16H,2,4,8,11-12H2,1H3,(H,19,22). The van der Waals surface area contributed by atoms with E-state index in [9.17, 15) is 13.2 Å². The summed E-state index contributed by atoms with van der Waals surface area (Å²) in [5.74, 6) is -0.208. The molecular weight excluding hydrogens is 340 g/mol. The zero-order valence-electron chi connectivity index (χ0n) is 14.1. The number of rotatable bonds is 6. The Labute approximate surface area is 147 Å². The Balaban J connectivity index is 1.75. The van der Waals surface area contributed by atoms with Crippen molar-refractivity contribution in [3.05, 3.63) is 42.7 Å². The number of benzene rings is 1. The molecule has 2 aromatic rings. The van der Waals surface area contributed by atoms with Gasteiger partial charge in [0.2, 0.25) is 15.9 Å². The lowest BCUT2D eigenvalue weighted by molar-refractivity contribution is -0.119. The summed E-state index contributed by atoms with van der Waals surface area (Å²) in [5, 5.41) is 7.01. The number of hydrogen-bond donors (Lipinski definition) is 1. The highest BCUT2D eigenvalue weighted by molar-refractivity contribution is 7.89. The van der Waals surface area contributed by atoms with Crippen LogP contribution in [0.15, 0.2) is 42.7 Å². The van der Waals surface area contributed by atoms with E-state index in [1.807, 2.05) is 37.4 Å². The van der Waals surface area contributed by atoms with Gasteiger partial charge in [-0.3, -0.25) is 4.79 Å². The molecular formula is C17H22N4O3S. The zero-order chi connectivity index (χ0) is 17.9. The van der Waals surface area contributed by atoms with Crippen LogP contribution in [-0.2, 0) is 14.8 Å². The van der Waals surface area contributed by atoms with Crippen molar-refractivity contribution in [3.8, 4) is 5.69 Å². The summed E-state index contributed by atoms with van der Waals surface area (Å²) < 4.78 is 27.7. The molecule has 7 nitrogen and oxygen atoms in total. The SMILES string of the molecule is CCCS(=O)(=O)N1CCCC1C(=O)Nc1cccc(-n2cccn2)c1. The van der Waals surface area contributed by atoms with Gasteiger partial charge in [-0.25, -0.2) is 13.1 Å². The third-order valence-electron chi connectivity index (χ3n) is 4.21. The van der Waals surface area contributed by atoms with Crippen molar-refractivity contribution in [2.75, 3.05) is 17.6 Å². The molecule has 0 aliphatic carbocycles. The van der Waals surface area contributed by atoms with Gasteiger partial charge in [-0.15, -0.1) is 0 Å². The number of aromatic nitrogens is 2. The van der Waals surface area contributed by atoms with Gasteiger partial charge in [0.1, 0.15) is 6.04 Å². The number of carbonyl (C=O) groups is 1. The Hall–Kier alpha value is -2.19. The van der Waals surface area contributed by atoms with E-state index < -0.39 is 16.1 Å². The van der Waals surface area contributed by atoms with E-state index in [1.54, 1.807) is 16.9 Å². The second-order valence-electron chi connectivity index (χ2n) is 6.07. The van der Waals surface area contributed by atoms with Crippen LogP contribution in [0, 0.1) is 0 Å². The topological polar surface area (TPSA) is 84.3 Å². The van der Waals surface area contributed by atoms with Gasteiger partial charge in [0, 0.05) is 24.6 Å². The van der Waals surface area contributed by atoms with E-state index >= 15 is 0 Å². The van der Waals surface area contributed by atoms with Crippen LogP contribution >= 0.6 is 0 Å². The summed E-state index contributed by atoms with van der Waals surface area (Å²) in [6.07, 6.45) is 5.29. The quantitative estimate of drug-likeness (QED) is 0.852. The molecule has 1 atom stereocenters. The van der Waals surface area contributed by atoms with Gasteiger partial charge < -0.3 is 5.32 Å². The molecule has 1 fully saturated rings. The molecule has 1 aromatic carbocycles. The van der Waals surface area contributed by atoms with Crippen molar-refractivity contribution < 1.29 is 13.2 Å². The van der Waals surface area contributed by atoms with Gasteiger partial charge >= 0.3 is 0 Å². The van der Waals surface area contributed by atoms with Crippen LogP contribution in [0.3, 0.4) is 0 Å². The molecule has 1 aliphatic rings. The highest BCUT2D eigenvalue weighted by atomic mass is 32.2. The lowest BCUT2D eigenvalue weighted by atomic mass is 10.2. The predicted octanol–water partition coefficient (Wildman–Crippen LogP) is 2.01. The summed E-state index contributed by atoms with van der Waals surface area (Å²) in [7, 11) is -3.38. The second-order valence-corrected chi connectivity index (χ2v) is 8.12. The second kappa shape index (κ2) is 7.37. The van der Waals surface area contributed by atoms with Crippen molar-refractivity contribution >= 4 is 21.6 Å². The highest BCUT2D eigenvalue weighted by Gasteiger charge is 2.38. The Morgan fingerprint density at radius 3 is 2.92 bits per heavy atom. The highest BCUT2D eigenvalue weighted by Crippen LogP contribution is 2.24. The number of amides is 1. The number of nitrogens with one attached hydrogen (secondary N) is 1. The number of hydrogen-bond acceptors (Lipinski definition) is 4. The van der Waals surface area contributed by atoms with Crippen molar-refractivity contribution in [1.82, 2.24) is 14.1 Å². The molecule has 0 radical (unpaired) electrons. The first-order chi connectivity index (χ1) is 12.0. The van der Waals surface area contributed by atoms with Crippen LogP contribution in [0.25, 0.3) is 5.69 Å². The van der Waals surface area contributed by atoms with E-state index in [1.165, 1.54) is 4.31 Å². The van der Waals surface area contributed by atoms with E-state index in [0.29, 0.717) is 31.5 Å². The molecule has 0 spiro atoms. The summed E-state index contributed by atoms with van der Waals surface area (Å²) in [6.45, 7) is 2.23. The van der Waals surface area contributed by atoms with Crippen LogP contribution < -0.4 is 5.32 Å². The number of sulfonamides is 1. The Morgan fingerprint density at radius 2 is 2.20 bits per heavy atom. The molecule has 0 saturated carbocycles. The minimum absolute atomic E-state index is 0.0750. The monoisotopic (exact) mass is 362 g/mol. The third kappa shape index (κ3) is 3.91.